The molecule has 0 aromatic heterocycles. The van der Waals surface area contributed by atoms with Crippen molar-refractivity contribution in [3.05, 3.63) is 232 Å². The molecule has 8 N–H and O–H groups in total. The fraction of sp³-hybridized carbons (Fsp3) is 0.489. The normalized spacial score (nSPS) is 10.6. The summed E-state index contributed by atoms with van der Waals surface area (Å²) in [6, 6.07) is 37.9. The molecule has 16 heteroatoms. The molecule has 614 valence electrons. The second-order valence-electron chi connectivity index (χ2n) is 29.3. The molecule has 0 saturated heterocycles. The molecule has 0 aliphatic heterocycles. The number of aliphatic hydroxyl groups excluding tert-OH is 8. The highest BCUT2D eigenvalue weighted by Gasteiger charge is 2.19. The van der Waals surface area contributed by atoms with Crippen molar-refractivity contribution in [1.29, 1.82) is 0 Å². The molecule has 0 amide bonds. The standard InChI is InChI=1S/2C12H18O3.3C12H18O2.C11H16O2.2C11H16O.CH4/c1-8(2)9-6-10(13-3)12(15-5)11(7-9)14-4;1-8(2)12-9(6-13)4-11(15-3)5-10(12)7-14;1-8(2)11-6-12(14-4)9(3)5-10(11)7-13;1-8(2)10-6-5-9(3)12(14-4)11(10)7-13;1-8(2)12-10(6-13)5-4-9(3)11(12)7-14;1-8(2)11-5-4-10(13-3)6-9(11)7-12;1-8(2)10-5-9(3)6-11(7-10)12-4;1-8(2)11-6-9(3)4-5-10(11)7-12;/h6-8H,1-5H3;4-5,8,13-14H,6-7H2,1-3H3;2*5-6,8,13H,7H2,1-4H3;4-5,8,13-14H,6-7H2,1-3H3;4-6,8,12H,7H2,1-3H3;5-8H,1-4H3;4-6,8,12H,7H2,1-3H3;1H4. The number of rotatable bonds is 24. The molecule has 0 aliphatic carbocycles. The first kappa shape index (κ1) is 102. The quantitative estimate of drug-likeness (QED) is 0.0281. The Morgan fingerprint density at radius 2 is 0.645 bits per heavy atom. The van der Waals surface area contributed by atoms with E-state index in [-0.39, 0.29) is 66.2 Å². The molecule has 0 saturated carbocycles. The summed E-state index contributed by atoms with van der Waals surface area (Å²) in [6.45, 7) is 44.4. The highest BCUT2D eigenvalue weighted by molar-refractivity contribution is 5.55. The third-order valence-corrected chi connectivity index (χ3v) is 18.6. The van der Waals surface area contributed by atoms with Crippen molar-refractivity contribution < 1.29 is 78.7 Å². The summed E-state index contributed by atoms with van der Waals surface area (Å²) in [6.07, 6.45) is 0. The van der Waals surface area contributed by atoms with Gasteiger partial charge in [-0.2, -0.15) is 0 Å². The monoisotopic (exact) mass is 1530 g/mol. The van der Waals surface area contributed by atoms with Gasteiger partial charge in [0.2, 0.25) is 5.75 Å². The van der Waals surface area contributed by atoms with Crippen LogP contribution in [0.5, 0.6) is 46.0 Å². The molecular weight excluding hydrogens is 1390 g/mol. The van der Waals surface area contributed by atoms with Crippen molar-refractivity contribution in [3.63, 3.8) is 0 Å². The third kappa shape index (κ3) is 31.5. The first-order valence-corrected chi connectivity index (χ1v) is 37.8. The molecule has 0 fully saturated rings. The van der Waals surface area contributed by atoms with Gasteiger partial charge in [0.1, 0.15) is 28.7 Å². The van der Waals surface area contributed by atoms with E-state index in [9.17, 15) is 30.6 Å². The fourth-order valence-electron chi connectivity index (χ4n) is 12.6. The largest absolute Gasteiger partial charge is 0.497 e. The van der Waals surface area contributed by atoms with Gasteiger partial charge in [-0.25, -0.2) is 0 Å². The van der Waals surface area contributed by atoms with Crippen LogP contribution in [0.4, 0.5) is 0 Å². The van der Waals surface area contributed by atoms with Crippen LogP contribution < -0.4 is 37.9 Å². The Kier molecular flexibility index (Phi) is 49.0. The fourth-order valence-corrected chi connectivity index (χ4v) is 12.6. The SMILES string of the molecule is C.COc1c(C)ccc(C(C)C)c1CO.COc1cc(C(C)C)c(CO)cc1C.COc1cc(C(C)C)cc(OC)c1OC.COc1cc(C)cc(C(C)C)c1.COc1cc(CO)c(C(C)C)c(CO)c1.COc1ccc(C(C)C)c(CO)c1.Cc1ccc(CO)c(C(C)C)c1.Cc1ccc(CO)c(C(C)C)c1CO. The van der Waals surface area contributed by atoms with E-state index in [1.807, 2.05) is 126 Å². The molecule has 0 heterocycles. The van der Waals surface area contributed by atoms with E-state index in [2.05, 4.69) is 135 Å². The van der Waals surface area contributed by atoms with Crippen LogP contribution in [-0.4, -0.2) is 97.7 Å². The number of aryl methyl sites for hydroxylation is 5. The number of ether oxygens (including phenoxy) is 8. The topological polar surface area (TPSA) is 236 Å². The summed E-state index contributed by atoms with van der Waals surface area (Å²) in [4.78, 5) is 0. The minimum Gasteiger partial charge on any atom is -0.497 e. The van der Waals surface area contributed by atoms with Crippen molar-refractivity contribution in [2.24, 2.45) is 0 Å². The maximum absolute atomic E-state index is 9.32. The summed E-state index contributed by atoms with van der Waals surface area (Å²) >= 11 is 0. The van der Waals surface area contributed by atoms with Crippen LogP contribution in [-0.2, 0) is 52.9 Å². The molecule has 8 aromatic carbocycles. The van der Waals surface area contributed by atoms with Crippen LogP contribution >= 0.6 is 0 Å². The van der Waals surface area contributed by atoms with E-state index in [1.165, 1.54) is 33.4 Å². The first-order valence-electron chi connectivity index (χ1n) is 37.8. The molecule has 0 bridgehead atoms. The maximum Gasteiger partial charge on any atom is 0.203 e. The van der Waals surface area contributed by atoms with Crippen LogP contribution in [0.25, 0.3) is 0 Å². The molecule has 110 heavy (non-hydrogen) atoms. The molecule has 0 atom stereocenters. The van der Waals surface area contributed by atoms with Crippen molar-refractivity contribution in [2.75, 3.05) is 56.9 Å². The average Bonchev–Trinajstić information content (AvgIpc) is 0.825. The van der Waals surface area contributed by atoms with Gasteiger partial charge in [-0.05, 0) is 248 Å². The van der Waals surface area contributed by atoms with E-state index < -0.39 is 0 Å². The minimum atomic E-state index is -0.0300. The van der Waals surface area contributed by atoms with Crippen LogP contribution in [0, 0.1) is 34.6 Å². The summed E-state index contributed by atoms with van der Waals surface area (Å²) < 4.78 is 41.7. The number of methoxy groups -OCH3 is 8. The van der Waals surface area contributed by atoms with Gasteiger partial charge in [0.15, 0.2) is 11.5 Å². The predicted molar refractivity (Wildman–Crippen MR) is 454 cm³/mol. The number of benzene rings is 8. The van der Waals surface area contributed by atoms with Crippen LogP contribution in [0.2, 0.25) is 0 Å². The Morgan fingerprint density at radius 1 is 0.245 bits per heavy atom. The number of hydrogen-bond acceptors (Lipinski definition) is 16. The van der Waals surface area contributed by atoms with Crippen LogP contribution in [0.1, 0.15) is 282 Å². The highest BCUT2D eigenvalue weighted by Crippen LogP contribution is 2.40. The van der Waals surface area contributed by atoms with Gasteiger partial charge in [-0.1, -0.05) is 178 Å². The Bertz CT molecular complexity index is 3880. The maximum atomic E-state index is 9.32. The molecule has 0 aliphatic rings. The Balaban J connectivity index is 0.00000123. The van der Waals surface area contributed by atoms with Gasteiger partial charge < -0.3 is 78.7 Å². The third-order valence-electron chi connectivity index (χ3n) is 18.6. The minimum absolute atomic E-state index is 0. The van der Waals surface area contributed by atoms with E-state index in [0.717, 1.165) is 106 Å². The predicted octanol–water partition coefficient (Wildman–Crippen LogP) is 20.7. The van der Waals surface area contributed by atoms with Crippen molar-refractivity contribution >= 4 is 0 Å². The Hall–Kier alpha value is -8.16. The molecule has 0 unspecified atom stereocenters. The molecule has 0 spiro atoms. The molecular formula is C94H142O16. The van der Waals surface area contributed by atoms with Crippen molar-refractivity contribution in [1.82, 2.24) is 0 Å². The zero-order chi connectivity index (χ0) is 83.1. The first-order chi connectivity index (χ1) is 51.6. The van der Waals surface area contributed by atoms with E-state index in [0.29, 0.717) is 64.4 Å². The van der Waals surface area contributed by atoms with Crippen molar-refractivity contribution in [2.45, 2.75) is 253 Å². The van der Waals surface area contributed by atoms with Gasteiger partial charge in [-0.3, -0.25) is 0 Å². The molecule has 0 radical (unpaired) electrons. The smallest absolute Gasteiger partial charge is 0.203 e. The van der Waals surface area contributed by atoms with E-state index >= 15 is 0 Å². The van der Waals surface area contributed by atoms with Gasteiger partial charge in [0.25, 0.3) is 0 Å². The molecule has 16 nitrogen and oxygen atoms in total. The summed E-state index contributed by atoms with van der Waals surface area (Å²) in [5, 5.41) is 73.8. The van der Waals surface area contributed by atoms with Gasteiger partial charge in [0.05, 0.1) is 110 Å². The average molecular weight is 1530 g/mol. The van der Waals surface area contributed by atoms with Crippen molar-refractivity contribution in [3.8, 4) is 46.0 Å². The summed E-state index contributed by atoms with van der Waals surface area (Å²) in [5.41, 5.74) is 22.6. The second kappa shape index (κ2) is 52.9. The zero-order valence-electron chi connectivity index (χ0n) is 71.6. The Labute approximate surface area is 663 Å². The van der Waals surface area contributed by atoms with E-state index in [4.69, 9.17) is 48.1 Å². The van der Waals surface area contributed by atoms with E-state index in [1.54, 1.807) is 56.9 Å². The molecule has 8 aromatic rings. The second-order valence-corrected chi connectivity index (χ2v) is 29.3. The van der Waals surface area contributed by atoms with Crippen LogP contribution in [0.15, 0.2) is 115 Å². The summed E-state index contributed by atoms with van der Waals surface area (Å²) in [7, 11) is 13.1. The number of hydrogen-bond donors (Lipinski definition) is 8. The lowest BCUT2D eigenvalue weighted by Gasteiger charge is -2.17. The lowest BCUT2D eigenvalue weighted by atomic mass is 9.90. The van der Waals surface area contributed by atoms with Gasteiger partial charge >= 0.3 is 0 Å². The lowest BCUT2D eigenvalue weighted by Crippen LogP contribution is -2.04. The lowest BCUT2D eigenvalue weighted by molar-refractivity contribution is 0.270. The number of aliphatic hydroxyl groups is 8. The van der Waals surface area contributed by atoms with Gasteiger partial charge in [-0.15, -0.1) is 0 Å². The van der Waals surface area contributed by atoms with Crippen LogP contribution in [0.3, 0.4) is 0 Å². The zero-order valence-corrected chi connectivity index (χ0v) is 71.6. The molecule has 8 rings (SSSR count). The summed E-state index contributed by atoms with van der Waals surface area (Å²) in [5.74, 6) is 9.56. The van der Waals surface area contributed by atoms with Gasteiger partial charge in [0, 0.05) is 5.56 Å². The highest BCUT2D eigenvalue weighted by atomic mass is 16.5. The Morgan fingerprint density at radius 3 is 1.05 bits per heavy atom.